The summed E-state index contributed by atoms with van der Waals surface area (Å²) in [5, 5.41) is 2.44. The first kappa shape index (κ1) is 7.72. The standard InChI is InChI=1S/C8H8FNO/c9-8-3-1-2-7(4-8)5-10-6-11/h1-4,6H,5H2,(H,10,11). The fraction of sp³-hybridized carbons (Fsp3) is 0.125. The van der Waals surface area contributed by atoms with Gasteiger partial charge in [0, 0.05) is 6.54 Å². The molecule has 0 fully saturated rings. The van der Waals surface area contributed by atoms with E-state index in [0.29, 0.717) is 13.0 Å². The zero-order valence-electron chi connectivity index (χ0n) is 5.88. The number of benzene rings is 1. The summed E-state index contributed by atoms with van der Waals surface area (Å²) in [6.45, 7) is 0.376. The summed E-state index contributed by atoms with van der Waals surface area (Å²) in [7, 11) is 0. The first-order valence-electron chi connectivity index (χ1n) is 3.24. The Morgan fingerprint density at radius 1 is 1.55 bits per heavy atom. The second-order valence-electron chi connectivity index (χ2n) is 2.13. The molecule has 1 N–H and O–H groups in total. The first-order chi connectivity index (χ1) is 5.33. The van der Waals surface area contributed by atoms with Crippen LogP contribution in [0.5, 0.6) is 0 Å². The molecule has 0 bridgehead atoms. The van der Waals surface area contributed by atoms with Crippen molar-refractivity contribution in [2.75, 3.05) is 0 Å². The lowest BCUT2D eigenvalue weighted by Crippen LogP contribution is -2.09. The van der Waals surface area contributed by atoms with E-state index in [1.165, 1.54) is 12.1 Å². The van der Waals surface area contributed by atoms with Crippen LogP contribution < -0.4 is 5.32 Å². The number of rotatable bonds is 3. The summed E-state index contributed by atoms with van der Waals surface area (Å²) in [6.07, 6.45) is 0.588. The molecule has 0 aliphatic rings. The van der Waals surface area contributed by atoms with Crippen molar-refractivity contribution in [3.8, 4) is 0 Å². The molecule has 0 aromatic heterocycles. The minimum Gasteiger partial charge on any atom is -0.355 e. The summed E-state index contributed by atoms with van der Waals surface area (Å²) < 4.78 is 12.5. The van der Waals surface area contributed by atoms with Gasteiger partial charge in [-0.3, -0.25) is 4.79 Å². The second-order valence-corrected chi connectivity index (χ2v) is 2.13. The highest BCUT2D eigenvalue weighted by Gasteiger charge is 1.92. The average Bonchev–Trinajstić information content (AvgIpc) is 2.01. The minimum absolute atomic E-state index is 0.282. The molecule has 0 atom stereocenters. The van der Waals surface area contributed by atoms with Crippen LogP contribution in [0, 0.1) is 5.82 Å². The second kappa shape index (κ2) is 3.71. The Morgan fingerprint density at radius 3 is 3.00 bits per heavy atom. The van der Waals surface area contributed by atoms with E-state index in [0.717, 1.165) is 5.56 Å². The third-order valence-corrected chi connectivity index (χ3v) is 1.28. The normalized spacial score (nSPS) is 9.18. The summed E-state index contributed by atoms with van der Waals surface area (Å²) >= 11 is 0. The maximum Gasteiger partial charge on any atom is 0.207 e. The van der Waals surface area contributed by atoms with Crippen molar-refractivity contribution >= 4 is 6.41 Å². The largest absolute Gasteiger partial charge is 0.355 e. The van der Waals surface area contributed by atoms with E-state index in [1.807, 2.05) is 0 Å². The number of hydrogen-bond acceptors (Lipinski definition) is 1. The minimum atomic E-state index is -0.282. The van der Waals surface area contributed by atoms with Crippen LogP contribution in [-0.2, 0) is 11.3 Å². The highest BCUT2D eigenvalue weighted by Crippen LogP contribution is 2.01. The average molecular weight is 153 g/mol. The fourth-order valence-electron chi connectivity index (χ4n) is 0.806. The van der Waals surface area contributed by atoms with Gasteiger partial charge in [-0.15, -0.1) is 0 Å². The Labute approximate surface area is 64.0 Å². The molecule has 1 amide bonds. The van der Waals surface area contributed by atoms with Gasteiger partial charge in [-0.2, -0.15) is 0 Å². The predicted octanol–water partition coefficient (Wildman–Crippen LogP) is 1.07. The van der Waals surface area contributed by atoms with Gasteiger partial charge in [0.15, 0.2) is 0 Å². The number of amides is 1. The number of halogens is 1. The van der Waals surface area contributed by atoms with Crippen LogP contribution in [0.4, 0.5) is 4.39 Å². The lowest BCUT2D eigenvalue weighted by Gasteiger charge is -1.97. The molecule has 0 spiro atoms. The van der Waals surface area contributed by atoms with Crippen LogP contribution in [0.15, 0.2) is 24.3 Å². The van der Waals surface area contributed by atoms with Gasteiger partial charge >= 0.3 is 0 Å². The fourth-order valence-corrected chi connectivity index (χ4v) is 0.806. The molecule has 0 saturated heterocycles. The number of nitrogens with one attached hydrogen (secondary N) is 1. The van der Waals surface area contributed by atoms with Gasteiger partial charge < -0.3 is 5.32 Å². The zero-order chi connectivity index (χ0) is 8.10. The zero-order valence-corrected chi connectivity index (χ0v) is 5.88. The van der Waals surface area contributed by atoms with Gasteiger partial charge in [-0.25, -0.2) is 4.39 Å². The van der Waals surface area contributed by atoms with Gasteiger partial charge in [0.1, 0.15) is 5.82 Å². The number of hydrogen-bond donors (Lipinski definition) is 1. The van der Waals surface area contributed by atoms with Crippen LogP contribution in [0.25, 0.3) is 0 Å². The molecule has 0 radical (unpaired) electrons. The van der Waals surface area contributed by atoms with Crippen molar-refractivity contribution in [3.63, 3.8) is 0 Å². The SMILES string of the molecule is O=CNCc1cccc(F)c1. The molecule has 2 nitrogen and oxygen atoms in total. The van der Waals surface area contributed by atoms with E-state index in [9.17, 15) is 9.18 Å². The predicted molar refractivity (Wildman–Crippen MR) is 39.3 cm³/mol. The Bertz CT molecular complexity index is 250. The molecular weight excluding hydrogens is 145 g/mol. The molecular formula is C8H8FNO. The lowest BCUT2D eigenvalue weighted by molar-refractivity contribution is -0.109. The molecule has 0 aliphatic carbocycles. The van der Waals surface area contributed by atoms with E-state index in [2.05, 4.69) is 5.32 Å². The van der Waals surface area contributed by atoms with E-state index >= 15 is 0 Å². The smallest absolute Gasteiger partial charge is 0.207 e. The van der Waals surface area contributed by atoms with Crippen LogP contribution in [0.2, 0.25) is 0 Å². The van der Waals surface area contributed by atoms with E-state index < -0.39 is 0 Å². The third-order valence-electron chi connectivity index (χ3n) is 1.28. The van der Waals surface area contributed by atoms with Crippen LogP contribution in [0.1, 0.15) is 5.56 Å². The molecule has 58 valence electrons. The van der Waals surface area contributed by atoms with Crippen LogP contribution in [-0.4, -0.2) is 6.41 Å². The van der Waals surface area contributed by atoms with Gasteiger partial charge in [-0.1, -0.05) is 12.1 Å². The molecule has 0 saturated carbocycles. The molecule has 3 heteroatoms. The summed E-state index contributed by atoms with van der Waals surface area (Å²) in [6, 6.07) is 6.11. The van der Waals surface area contributed by atoms with Gasteiger partial charge in [0.25, 0.3) is 0 Å². The van der Waals surface area contributed by atoms with Gasteiger partial charge in [0.05, 0.1) is 0 Å². The molecule has 1 aromatic carbocycles. The number of carbonyl (C=O) groups is 1. The highest BCUT2D eigenvalue weighted by atomic mass is 19.1. The van der Waals surface area contributed by atoms with Crippen LogP contribution >= 0.6 is 0 Å². The highest BCUT2D eigenvalue weighted by molar-refractivity contribution is 5.46. The van der Waals surface area contributed by atoms with E-state index in [4.69, 9.17) is 0 Å². The Morgan fingerprint density at radius 2 is 2.36 bits per heavy atom. The summed E-state index contributed by atoms with van der Waals surface area (Å²) in [4.78, 5) is 9.86. The lowest BCUT2D eigenvalue weighted by atomic mass is 10.2. The van der Waals surface area contributed by atoms with Crippen molar-refractivity contribution < 1.29 is 9.18 Å². The molecule has 1 rings (SSSR count). The van der Waals surface area contributed by atoms with Gasteiger partial charge in [0.2, 0.25) is 6.41 Å². The van der Waals surface area contributed by atoms with Crippen molar-refractivity contribution in [3.05, 3.63) is 35.6 Å². The van der Waals surface area contributed by atoms with Gasteiger partial charge in [-0.05, 0) is 17.7 Å². The molecule has 0 unspecified atom stereocenters. The van der Waals surface area contributed by atoms with Crippen molar-refractivity contribution in [1.82, 2.24) is 5.32 Å². The van der Waals surface area contributed by atoms with Crippen molar-refractivity contribution in [2.45, 2.75) is 6.54 Å². The molecule has 11 heavy (non-hydrogen) atoms. The molecule has 0 aliphatic heterocycles. The van der Waals surface area contributed by atoms with E-state index in [-0.39, 0.29) is 5.82 Å². The topological polar surface area (TPSA) is 29.1 Å². The third kappa shape index (κ3) is 2.37. The summed E-state index contributed by atoms with van der Waals surface area (Å²) in [5.74, 6) is -0.282. The van der Waals surface area contributed by atoms with Crippen molar-refractivity contribution in [1.29, 1.82) is 0 Å². The summed E-state index contributed by atoms with van der Waals surface area (Å²) in [5.41, 5.74) is 0.761. The Kier molecular flexibility index (Phi) is 2.60. The first-order valence-corrected chi connectivity index (χ1v) is 3.24. The van der Waals surface area contributed by atoms with Crippen LogP contribution in [0.3, 0.4) is 0 Å². The molecule has 0 heterocycles. The van der Waals surface area contributed by atoms with Crippen molar-refractivity contribution in [2.24, 2.45) is 0 Å². The monoisotopic (exact) mass is 153 g/mol. The Balaban J connectivity index is 2.63. The maximum absolute atomic E-state index is 12.5. The maximum atomic E-state index is 12.5. The Hall–Kier alpha value is -1.38. The van der Waals surface area contributed by atoms with E-state index in [1.54, 1.807) is 12.1 Å². The molecule has 1 aromatic rings. The number of carbonyl (C=O) groups excluding carboxylic acids is 1. The quantitative estimate of drug-likeness (QED) is 0.646.